The van der Waals surface area contributed by atoms with Crippen molar-refractivity contribution in [3.63, 3.8) is 0 Å². The van der Waals surface area contributed by atoms with E-state index in [4.69, 9.17) is 4.74 Å². The van der Waals surface area contributed by atoms with Gasteiger partial charge in [-0.25, -0.2) is 0 Å². The van der Waals surface area contributed by atoms with E-state index in [-0.39, 0.29) is 11.8 Å². The summed E-state index contributed by atoms with van der Waals surface area (Å²) in [6, 6.07) is 7.77. The molecule has 1 aromatic rings. The molecule has 1 fully saturated rings. The van der Waals surface area contributed by atoms with Gasteiger partial charge in [-0.15, -0.1) is 0 Å². The fraction of sp³-hybridized carbons (Fsp3) is 0.364. The van der Waals surface area contributed by atoms with Crippen molar-refractivity contribution in [2.75, 3.05) is 18.5 Å². The summed E-state index contributed by atoms with van der Waals surface area (Å²) in [5.74, 6) is 0.0815. The van der Waals surface area contributed by atoms with Crippen molar-refractivity contribution in [2.45, 2.75) is 6.42 Å². The number of halogens is 1. The number of anilines is 1. The second-order valence-electron chi connectivity index (χ2n) is 3.56. The molecule has 0 spiro atoms. The largest absolute Gasteiger partial charge is 0.381 e. The average molecular weight is 317 g/mol. The molecule has 0 aliphatic carbocycles. The highest BCUT2D eigenvalue weighted by Gasteiger charge is 2.23. The molecule has 0 bridgehead atoms. The van der Waals surface area contributed by atoms with Crippen LogP contribution in [0.4, 0.5) is 5.69 Å². The average Bonchev–Trinajstić information content (AvgIpc) is 2.74. The fourth-order valence-electron chi connectivity index (χ4n) is 1.52. The zero-order valence-electron chi connectivity index (χ0n) is 8.20. The Kier molecular flexibility index (Phi) is 3.58. The molecule has 1 aromatic carbocycles. The molecule has 2 rings (SSSR count). The molecule has 1 heterocycles. The van der Waals surface area contributed by atoms with Crippen LogP contribution in [0.25, 0.3) is 0 Å². The number of hydrogen-bond donors (Lipinski definition) is 1. The van der Waals surface area contributed by atoms with E-state index in [2.05, 4.69) is 27.9 Å². The van der Waals surface area contributed by atoms with Gasteiger partial charge in [0.25, 0.3) is 0 Å². The maximum absolute atomic E-state index is 11.7. The number of ether oxygens (including phenoxy) is 1. The molecule has 1 aliphatic heterocycles. The fourth-order valence-corrected chi connectivity index (χ4v) is 1.88. The van der Waals surface area contributed by atoms with Gasteiger partial charge in [0.15, 0.2) is 0 Å². The zero-order valence-corrected chi connectivity index (χ0v) is 10.4. The smallest absolute Gasteiger partial charge is 0.229 e. The van der Waals surface area contributed by atoms with Crippen molar-refractivity contribution in [3.8, 4) is 0 Å². The molecule has 1 N–H and O–H groups in total. The van der Waals surface area contributed by atoms with Gasteiger partial charge in [0.1, 0.15) is 0 Å². The Morgan fingerprint density at radius 3 is 2.73 bits per heavy atom. The molecule has 4 heteroatoms. The topological polar surface area (TPSA) is 38.3 Å². The van der Waals surface area contributed by atoms with Crippen LogP contribution in [0.2, 0.25) is 0 Å². The van der Waals surface area contributed by atoms with Crippen LogP contribution in [0.5, 0.6) is 0 Å². The van der Waals surface area contributed by atoms with E-state index in [1.165, 1.54) is 0 Å². The molecule has 1 unspecified atom stereocenters. The molecule has 3 nitrogen and oxygen atoms in total. The molecule has 15 heavy (non-hydrogen) atoms. The maximum Gasteiger partial charge on any atom is 0.229 e. The van der Waals surface area contributed by atoms with E-state index in [1.54, 1.807) is 0 Å². The van der Waals surface area contributed by atoms with Crippen molar-refractivity contribution in [1.29, 1.82) is 0 Å². The molecule has 0 radical (unpaired) electrons. The summed E-state index contributed by atoms with van der Waals surface area (Å²) in [4.78, 5) is 11.7. The quantitative estimate of drug-likeness (QED) is 0.850. The van der Waals surface area contributed by atoms with Crippen LogP contribution < -0.4 is 5.32 Å². The third kappa shape index (κ3) is 2.92. The molecule has 1 atom stereocenters. The van der Waals surface area contributed by atoms with Crippen LogP contribution in [-0.4, -0.2) is 19.1 Å². The first kappa shape index (κ1) is 10.9. The minimum atomic E-state index is 0.0179. The number of nitrogens with one attached hydrogen (secondary N) is 1. The minimum absolute atomic E-state index is 0.0179. The molecular formula is C11H12INO2. The van der Waals surface area contributed by atoms with Crippen molar-refractivity contribution >= 4 is 34.2 Å². The van der Waals surface area contributed by atoms with Gasteiger partial charge in [-0.2, -0.15) is 0 Å². The predicted molar refractivity (Wildman–Crippen MR) is 66.7 cm³/mol. The van der Waals surface area contributed by atoms with Crippen LogP contribution >= 0.6 is 22.6 Å². The monoisotopic (exact) mass is 317 g/mol. The van der Waals surface area contributed by atoms with Crippen molar-refractivity contribution in [1.82, 2.24) is 0 Å². The van der Waals surface area contributed by atoms with Crippen LogP contribution in [0.3, 0.4) is 0 Å². The van der Waals surface area contributed by atoms with Crippen molar-refractivity contribution < 1.29 is 9.53 Å². The van der Waals surface area contributed by atoms with Crippen LogP contribution in [0.15, 0.2) is 24.3 Å². The number of benzene rings is 1. The second-order valence-corrected chi connectivity index (χ2v) is 4.80. The summed E-state index contributed by atoms with van der Waals surface area (Å²) in [6.45, 7) is 1.25. The molecule has 0 aromatic heterocycles. The highest BCUT2D eigenvalue weighted by Crippen LogP contribution is 2.16. The highest BCUT2D eigenvalue weighted by atomic mass is 127. The lowest BCUT2D eigenvalue weighted by atomic mass is 10.1. The van der Waals surface area contributed by atoms with E-state index in [1.807, 2.05) is 24.3 Å². The van der Waals surface area contributed by atoms with Gasteiger partial charge in [0.2, 0.25) is 5.91 Å². The van der Waals surface area contributed by atoms with Gasteiger partial charge in [-0.3, -0.25) is 4.79 Å². The number of rotatable bonds is 2. The molecule has 0 saturated carbocycles. The lowest BCUT2D eigenvalue weighted by Crippen LogP contribution is -2.22. The van der Waals surface area contributed by atoms with Crippen LogP contribution in [0.1, 0.15) is 6.42 Å². The van der Waals surface area contributed by atoms with Gasteiger partial charge in [-0.05, 0) is 53.3 Å². The Balaban J connectivity index is 1.96. The Morgan fingerprint density at radius 1 is 1.40 bits per heavy atom. The second kappa shape index (κ2) is 4.94. The summed E-state index contributed by atoms with van der Waals surface area (Å²) in [7, 11) is 0. The lowest BCUT2D eigenvalue weighted by Gasteiger charge is -2.08. The highest BCUT2D eigenvalue weighted by molar-refractivity contribution is 14.1. The van der Waals surface area contributed by atoms with Gasteiger partial charge in [0, 0.05) is 15.9 Å². The van der Waals surface area contributed by atoms with E-state index >= 15 is 0 Å². The molecular weight excluding hydrogens is 305 g/mol. The Bertz CT molecular complexity index is 344. The van der Waals surface area contributed by atoms with Crippen LogP contribution in [0, 0.1) is 9.49 Å². The zero-order chi connectivity index (χ0) is 10.7. The number of amides is 1. The predicted octanol–water partition coefficient (Wildman–Crippen LogP) is 2.27. The molecule has 1 saturated heterocycles. The number of hydrogen-bond acceptors (Lipinski definition) is 2. The first-order chi connectivity index (χ1) is 7.25. The maximum atomic E-state index is 11.7. The van der Waals surface area contributed by atoms with Gasteiger partial charge in [-0.1, -0.05) is 0 Å². The molecule has 1 amide bonds. The SMILES string of the molecule is O=C(Nc1ccc(I)cc1)C1CCOC1. The van der Waals surface area contributed by atoms with Crippen molar-refractivity contribution in [2.24, 2.45) is 5.92 Å². The van der Waals surface area contributed by atoms with Gasteiger partial charge in [0.05, 0.1) is 12.5 Å². The van der Waals surface area contributed by atoms with E-state index in [0.717, 1.165) is 15.7 Å². The standard InChI is InChI=1S/C11H12INO2/c12-9-1-3-10(4-2-9)13-11(14)8-5-6-15-7-8/h1-4,8H,5-7H2,(H,13,14). The minimum Gasteiger partial charge on any atom is -0.381 e. The Hall–Kier alpha value is -0.620. The normalized spacial score (nSPS) is 20.2. The summed E-state index contributed by atoms with van der Waals surface area (Å²) < 4.78 is 6.33. The van der Waals surface area contributed by atoms with Gasteiger partial charge < -0.3 is 10.1 Å². The first-order valence-corrected chi connectivity index (χ1v) is 5.98. The Morgan fingerprint density at radius 2 is 2.13 bits per heavy atom. The summed E-state index contributed by atoms with van der Waals surface area (Å²) in [5.41, 5.74) is 0.854. The van der Waals surface area contributed by atoms with Crippen molar-refractivity contribution in [3.05, 3.63) is 27.8 Å². The number of carbonyl (C=O) groups excluding carboxylic acids is 1. The van der Waals surface area contributed by atoms with E-state index < -0.39 is 0 Å². The Labute approximate surface area is 102 Å². The van der Waals surface area contributed by atoms with E-state index in [9.17, 15) is 4.79 Å². The van der Waals surface area contributed by atoms with E-state index in [0.29, 0.717) is 13.2 Å². The third-order valence-electron chi connectivity index (χ3n) is 2.41. The van der Waals surface area contributed by atoms with Crippen LogP contribution in [-0.2, 0) is 9.53 Å². The lowest BCUT2D eigenvalue weighted by molar-refractivity contribution is -0.119. The number of carbonyl (C=O) groups is 1. The molecule has 80 valence electrons. The molecule has 1 aliphatic rings. The summed E-state index contributed by atoms with van der Waals surface area (Å²) in [5, 5.41) is 2.89. The van der Waals surface area contributed by atoms with Gasteiger partial charge >= 0.3 is 0 Å². The summed E-state index contributed by atoms with van der Waals surface area (Å²) in [6.07, 6.45) is 0.830. The summed E-state index contributed by atoms with van der Waals surface area (Å²) >= 11 is 2.24. The third-order valence-corrected chi connectivity index (χ3v) is 3.13. The first-order valence-electron chi connectivity index (χ1n) is 4.90.